The van der Waals surface area contributed by atoms with Crippen molar-refractivity contribution in [2.45, 2.75) is 38.6 Å². The highest BCUT2D eigenvalue weighted by Crippen LogP contribution is 2.28. The van der Waals surface area contributed by atoms with Crippen LogP contribution in [0.25, 0.3) is 0 Å². The molecule has 7 heteroatoms. The molecule has 1 saturated carbocycles. The summed E-state index contributed by atoms with van der Waals surface area (Å²) in [5, 5.41) is 14.4. The van der Waals surface area contributed by atoms with E-state index in [9.17, 15) is 14.4 Å². The molecule has 0 aromatic rings. The van der Waals surface area contributed by atoms with Gasteiger partial charge in [-0.15, -0.1) is 0 Å². The first-order chi connectivity index (χ1) is 9.99. The van der Waals surface area contributed by atoms with Crippen molar-refractivity contribution < 1.29 is 19.5 Å². The van der Waals surface area contributed by atoms with Crippen molar-refractivity contribution in [3.8, 4) is 0 Å². The van der Waals surface area contributed by atoms with Crippen LogP contribution in [-0.4, -0.2) is 53.6 Å². The molecule has 3 N–H and O–H groups in total. The second-order valence-corrected chi connectivity index (χ2v) is 5.99. The lowest BCUT2D eigenvalue weighted by atomic mass is 9.80. The van der Waals surface area contributed by atoms with Gasteiger partial charge in [0.05, 0.1) is 0 Å². The van der Waals surface area contributed by atoms with E-state index in [-0.39, 0.29) is 19.0 Å². The molecule has 118 valence electrons. The van der Waals surface area contributed by atoms with Crippen LogP contribution in [0.15, 0.2) is 0 Å². The van der Waals surface area contributed by atoms with Crippen molar-refractivity contribution in [1.29, 1.82) is 0 Å². The van der Waals surface area contributed by atoms with Crippen LogP contribution in [0.2, 0.25) is 0 Å². The molecule has 2 fully saturated rings. The maximum Gasteiger partial charge on any atom is 0.328 e. The lowest BCUT2D eigenvalue weighted by Crippen LogP contribution is -2.61. The quantitative estimate of drug-likeness (QED) is 0.702. The molecule has 7 nitrogen and oxygen atoms in total. The first-order valence-electron chi connectivity index (χ1n) is 7.53. The second-order valence-electron chi connectivity index (χ2n) is 5.99. The number of urea groups is 1. The van der Waals surface area contributed by atoms with Gasteiger partial charge in [-0.25, -0.2) is 9.59 Å². The first-order valence-corrected chi connectivity index (χ1v) is 7.53. The smallest absolute Gasteiger partial charge is 0.328 e. The average Bonchev–Trinajstić information content (AvgIpc) is 2.45. The minimum absolute atomic E-state index is 0.0403. The number of nitrogens with one attached hydrogen (secondary N) is 2. The Morgan fingerprint density at radius 3 is 2.76 bits per heavy atom. The summed E-state index contributed by atoms with van der Waals surface area (Å²) >= 11 is 0. The molecule has 0 aromatic carbocycles. The van der Waals surface area contributed by atoms with E-state index in [0.717, 1.165) is 11.3 Å². The van der Waals surface area contributed by atoms with Crippen LogP contribution in [0, 0.1) is 11.8 Å². The largest absolute Gasteiger partial charge is 0.480 e. The monoisotopic (exact) mass is 297 g/mol. The standard InChI is InChI=1S/C14H23N3O4/c1-9-4-2-3-5-10(9)6-16-14(21)17-8-12(18)15-7-11(17)13(19)20/h9-11H,2-8H2,1H3,(H,15,18)(H,16,21)(H,19,20). The van der Waals surface area contributed by atoms with Crippen LogP contribution in [0.1, 0.15) is 32.6 Å². The normalized spacial score (nSPS) is 29.7. The van der Waals surface area contributed by atoms with E-state index in [1.54, 1.807) is 0 Å². The number of carboxylic acid groups (broad SMARTS) is 1. The van der Waals surface area contributed by atoms with Gasteiger partial charge in [0.15, 0.2) is 0 Å². The van der Waals surface area contributed by atoms with Gasteiger partial charge in [-0.05, 0) is 18.3 Å². The second kappa shape index (κ2) is 6.78. The van der Waals surface area contributed by atoms with Crippen molar-refractivity contribution in [3.05, 3.63) is 0 Å². The van der Waals surface area contributed by atoms with Crippen LogP contribution in [0.5, 0.6) is 0 Å². The third kappa shape index (κ3) is 3.86. The number of hydrogen-bond donors (Lipinski definition) is 3. The molecular weight excluding hydrogens is 274 g/mol. The summed E-state index contributed by atoms with van der Waals surface area (Å²) in [6.45, 7) is 2.49. The van der Waals surface area contributed by atoms with E-state index >= 15 is 0 Å². The summed E-state index contributed by atoms with van der Waals surface area (Å²) in [6, 6.07) is -1.46. The molecule has 3 atom stereocenters. The zero-order valence-corrected chi connectivity index (χ0v) is 12.3. The molecule has 1 aliphatic carbocycles. The summed E-state index contributed by atoms with van der Waals surface area (Å²) in [6.07, 6.45) is 4.67. The molecule has 2 rings (SSSR count). The Morgan fingerprint density at radius 2 is 2.10 bits per heavy atom. The number of carbonyl (C=O) groups is 3. The van der Waals surface area contributed by atoms with Crippen molar-refractivity contribution >= 4 is 17.9 Å². The van der Waals surface area contributed by atoms with Gasteiger partial charge in [-0.2, -0.15) is 0 Å². The molecule has 0 spiro atoms. The van der Waals surface area contributed by atoms with Crippen LogP contribution in [-0.2, 0) is 9.59 Å². The fourth-order valence-electron chi connectivity index (χ4n) is 3.09. The highest BCUT2D eigenvalue weighted by molar-refractivity contribution is 5.90. The summed E-state index contributed by atoms with van der Waals surface area (Å²) in [5.41, 5.74) is 0. The SMILES string of the molecule is CC1CCCCC1CNC(=O)N1CC(=O)NCC1C(=O)O. The Morgan fingerprint density at radius 1 is 1.38 bits per heavy atom. The highest BCUT2D eigenvalue weighted by Gasteiger charge is 2.35. The summed E-state index contributed by atoms with van der Waals surface area (Å²) < 4.78 is 0. The van der Waals surface area contributed by atoms with E-state index in [1.807, 2.05) is 0 Å². The molecule has 2 aliphatic rings. The zero-order chi connectivity index (χ0) is 15.4. The molecule has 1 aliphatic heterocycles. The van der Waals surface area contributed by atoms with Crippen molar-refractivity contribution in [2.24, 2.45) is 11.8 Å². The van der Waals surface area contributed by atoms with Gasteiger partial charge < -0.3 is 15.7 Å². The third-order valence-electron chi connectivity index (χ3n) is 4.53. The molecule has 3 amide bonds. The number of nitrogens with zero attached hydrogens (tertiary/aromatic N) is 1. The molecular formula is C14H23N3O4. The van der Waals surface area contributed by atoms with E-state index in [0.29, 0.717) is 18.4 Å². The number of rotatable bonds is 3. The molecule has 1 heterocycles. The summed E-state index contributed by atoms with van der Waals surface area (Å²) in [4.78, 5) is 35.8. The summed E-state index contributed by atoms with van der Waals surface area (Å²) in [5.74, 6) is -0.423. The predicted molar refractivity (Wildman–Crippen MR) is 75.7 cm³/mol. The Hall–Kier alpha value is -1.79. The number of piperazine rings is 1. The van der Waals surface area contributed by atoms with Gasteiger partial charge in [0.1, 0.15) is 12.6 Å². The van der Waals surface area contributed by atoms with Gasteiger partial charge in [-0.1, -0.05) is 26.2 Å². The van der Waals surface area contributed by atoms with Crippen molar-refractivity contribution in [3.63, 3.8) is 0 Å². The zero-order valence-electron chi connectivity index (χ0n) is 12.3. The van der Waals surface area contributed by atoms with Gasteiger partial charge in [0, 0.05) is 13.1 Å². The molecule has 21 heavy (non-hydrogen) atoms. The minimum atomic E-state index is -1.10. The van der Waals surface area contributed by atoms with Crippen LogP contribution in [0.4, 0.5) is 4.79 Å². The highest BCUT2D eigenvalue weighted by atomic mass is 16.4. The Balaban J connectivity index is 1.90. The Kier molecular flexibility index (Phi) is 5.03. The fraction of sp³-hybridized carbons (Fsp3) is 0.786. The molecule has 1 saturated heterocycles. The Labute approximate surface area is 124 Å². The lowest BCUT2D eigenvalue weighted by molar-refractivity contribution is -0.144. The van der Waals surface area contributed by atoms with E-state index in [4.69, 9.17) is 5.11 Å². The predicted octanol–water partition coefficient (Wildman–Crippen LogP) is 0.407. The van der Waals surface area contributed by atoms with Crippen molar-refractivity contribution in [1.82, 2.24) is 15.5 Å². The van der Waals surface area contributed by atoms with Gasteiger partial charge >= 0.3 is 12.0 Å². The van der Waals surface area contributed by atoms with Gasteiger partial charge in [-0.3, -0.25) is 9.69 Å². The number of amides is 3. The topological polar surface area (TPSA) is 98.7 Å². The van der Waals surface area contributed by atoms with E-state index < -0.39 is 18.0 Å². The van der Waals surface area contributed by atoms with E-state index in [1.165, 1.54) is 19.3 Å². The van der Waals surface area contributed by atoms with Crippen LogP contribution < -0.4 is 10.6 Å². The van der Waals surface area contributed by atoms with Crippen LogP contribution in [0.3, 0.4) is 0 Å². The number of aliphatic carboxylic acids is 1. The van der Waals surface area contributed by atoms with Gasteiger partial charge in [0.25, 0.3) is 0 Å². The van der Waals surface area contributed by atoms with Crippen molar-refractivity contribution in [2.75, 3.05) is 19.6 Å². The molecule has 0 aromatic heterocycles. The summed E-state index contributed by atoms with van der Waals surface area (Å²) in [7, 11) is 0. The number of hydrogen-bond acceptors (Lipinski definition) is 3. The van der Waals surface area contributed by atoms with Gasteiger partial charge in [0.2, 0.25) is 5.91 Å². The molecule has 0 radical (unpaired) electrons. The lowest BCUT2D eigenvalue weighted by Gasteiger charge is -2.34. The fourth-order valence-corrected chi connectivity index (χ4v) is 3.09. The maximum atomic E-state index is 12.2. The molecule has 3 unspecified atom stereocenters. The van der Waals surface area contributed by atoms with E-state index in [2.05, 4.69) is 17.6 Å². The molecule has 0 bridgehead atoms. The maximum absolute atomic E-state index is 12.2. The van der Waals surface area contributed by atoms with Crippen LogP contribution >= 0.6 is 0 Å². The number of carboxylic acids is 1. The minimum Gasteiger partial charge on any atom is -0.480 e. The number of carbonyl (C=O) groups excluding carboxylic acids is 2. The Bertz CT molecular complexity index is 426. The third-order valence-corrected chi connectivity index (χ3v) is 4.53. The average molecular weight is 297 g/mol. The first kappa shape index (κ1) is 15.6.